The van der Waals surface area contributed by atoms with Crippen LogP contribution in [0.5, 0.6) is 0 Å². The van der Waals surface area contributed by atoms with E-state index >= 15 is 0 Å². The lowest BCUT2D eigenvalue weighted by atomic mass is 9.95. The number of thiophene rings is 1. The van der Waals surface area contributed by atoms with Gasteiger partial charge in [-0.1, -0.05) is 6.07 Å². The first-order valence-electron chi connectivity index (χ1n) is 6.84. The summed E-state index contributed by atoms with van der Waals surface area (Å²) in [5.41, 5.74) is 4.95. The normalized spacial score (nSPS) is 11.9. The molecule has 0 amide bonds. The van der Waals surface area contributed by atoms with E-state index in [2.05, 4.69) is 4.72 Å². The molecule has 0 unspecified atom stereocenters. The third-order valence-corrected chi connectivity index (χ3v) is 6.77. The van der Waals surface area contributed by atoms with Gasteiger partial charge in [0.15, 0.2) is 0 Å². The molecule has 3 nitrogen and oxygen atoms in total. The molecule has 0 aliphatic carbocycles. The van der Waals surface area contributed by atoms with Crippen molar-refractivity contribution < 1.29 is 8.42 Å². The molecule has 0 bridgehead atoms. The van der Waals surface area contributed by atoms with Gasteiger partial charge in [-0.25, -0.2) is 13.1 Å². The van der Waals surface area contributed by atoms with Crippen molar-refractivity contribution in [3.05, 3.63) is 50.2 Å². The lowest BCUT2D eigenvalue weighted by Gasteiger charge is -2.18. The van der Waals surface area contributed by atoms with E-state index in [0.717, 1.165) is 27.1 Å². The maximum atomic E-state index is 12.7. The van der Waals surface area contributed by atoms with E-state index in [0.29, 0.717) is 11.4 Å². The molecule has 0 radical (unpaired) electrons. The van der Waals surface area contributed by atoms with Crippen LogP contribution in [0.25, 0.3) is 0 Å². The van der Waals surface area contributed by atoms with Gasteiger partial charge in [0.05, 0.1) is 4.90 Å². The number of rotatable bonds is 4. The molecule has 1 N–H and O–H groups in total. The zero-order valence-electron chi connectivity index (χ0n) is 13.1. The lowest BCUT2D eigenvalue weighted by molar-refractivity contribution is 0.580. The van der Waals surface area contributed by atoms with Crippen molar-refractivity contribution in [1.29, 1.82) is 0 Å². The van der Waals surface area contributed by atoms with E-state index < -0.39 is 10.0 Å². The third kappa shape index (κ3) is 3.05. The van der Waals surface area contributed by atoms with Crippen LogP contribution in [0.4, 0.5) is 0 Å². The van der Waals surface area contributed by atoms with Crippen molar-refractivity contribution in [3.63, 3.8) is 0 Å². The second kappa shape index (κ2) is 5.91. The molecule has 0 spiro atoms. The monoisotopic (exact) mass is 323 g/mol. The summed E-state index contributed by atoms with van der Waals surface area (Å²) in [4.78, 5) is 1.44. The maximum Gasteiger partial charge on any atom is 0.241 e. The van der Waals surface area contributed by atoms with Gasteiger partial charge in [-0.05, 0) is 73.9 Å². The Morgan fingerprint density at radius 3 is 1.95 bits per heavy atom. The Bertz CT molecular complexity index is 731. The zero-order chi connectivity index (χ0) is 15.8. The molecule has 1 heterocycles. The largest absolute Gasteiger partial charge is 0.241 e. The quantitative estimate of drug-likeness (QED) is 0.931. The van der Waals surface area contributed by atoms with Gasteiger partial charge in [-0.3, -0.25) is 0 Å². The number of sulfonamides is 1. The summed E-state index contributed by atoms with van der Waals surface area (Å²) in [6, 6.07) is 3.85. The van der Waals surface area contributed by atoms with E-state index in [1.54, 1.807) is 11.3 Å². The van der Waals surface area contributed by atoms with Gasteiger partial charge < -0.3 is 0 Å². The summed E-state index contributed by atoms with van der Waals surface area (Å²) in [7, 11) is -3.50. The van der Waals surface area contributed by atoms with Crippen molar-refractivity contribution in [1.82, 2.24) is 4.72 Å². The topological polar surface area (TPSA) is 46.2 Å². The third-order valence-electron chi connectivity index (χ3n) is 4.22. The lowest BCUT2D eigenvalue weighted by Crippen LogP contribution is -2.25. The van der Waals surface area contributed by atoms with Crippen LogP contribution in [0.3, 0.4) is 0 Å². The van der Waals surface area contributed by atoms with Crippen LogP contribution >= 0.6 is 11.3 Å². The first kappa shape index (κ1) is 16.2. The first-order valence-corrected chi connectivity index (χ1v) is 9.21. The zero-order valence-corrected chi connectivity index (χ0v) is 14.7. The van der Waals surface area contributed by atoms with E-state index in [9.17, 15) is 8.42 Å². The fourth-order valence-electron chi connectivity index (χ4n) is 2.52. The van der Waals surface area contributed by atoms with Crippen molar-refractivity contribution >= 4 is 21.4 Å². The summed E-state index contributed by atoms with van der Waals surface area (Å²) >= 11 is 1.55. The Balaban J connectivity index is 2.45. The molecule has 0 aliphatic heterocycles. The van der Waals surface area contributed by atoms with Crippen molar-refractivity contribution in [2.75, 3.05) is 0 Å². The fourth-order valence-corrected chi connectivity index (χ4v) is 4.86. The Kier molecular flexibility index (Phi) is 4.56. The van der Waals surface area contributed by atoms with Crippen LogP contribution in [-0.2, 0) is 16.6 Å². The van der Waals surface area contributed by atoms with Crippen molar-refractivity contribution in [3.8, 4) is 0 Å². The average Bonchev–Trinajstić information content (AvgIpc) is 2.94. The van der Waals surface area contributed by atoms with Gasteiger partial charge in [0.1, 0.15) is 0 Å². The fraction of sp³-hybridized carbons (Fsp3) is 0.375. The number of nitrogens with one attached hydrogen (secondary N) is 1. The molecule has 2 aromatic rings. The SMILES string of the molecule is Cc1c(C)c(C)c(S(=O)(=O)NCc2cccs2)c(C)c1C. The van der Waals surface area contributed by atoms with Gasteiger partial charge in [-0.2, -0.15) is 0 Å². The smallest absolute Gasteiger partial charge is 0.207 e. The molecule has 1 aromatic heterocycles. The van der Waals surface area contributed by atoms with Crippen molar-refractivity contribution in [2.45, 2.75) is 46.1 Å². The van der Waals surface area contributed by atoms with Gasteiger partial charge in [0.2, 0.25) is 10.0 Å². The molecule has 0 saturated heterocycles. The van der Waals surface area contributed by atoms with E-state index in [4.69, 9.17) is 0 Å². The van der Waals surface area contributed by atoms with E-state index in [1.165, 1.54) is 5.56 Å². The van der Waals surface area contributed by atoms with Gasteiger partial charge in [0, 0.05) is 11.4 Å². The van der Waals surface area contributed by atoms with Crippen LogP contribution in [0.2, 0.25) is 0 Å². The highest BCUT2D eigenvalue weighted by Crippen LogP contribution is 2.29. The van der Waals surface area contributed by atoms with E-state index in [-0.39, 0.29) is 0 Å². The Morgan fingerprint density at radius 2 is 1.48 bits per heavy atom. The molecular weight excluding hydrogens is 302 g/mol. The van der Waals surface area contributed by atoms with Crippen LogP contribution in [0.1, 0.15) is 32.7 Å². The number of hydrogen-bond acceptors (Lipinski definition) is 3. The summed E-state index contributed by atoms with van der Waals surface area (Å²) in [6.07, 6.45) is 0. The van der Waals surface area contributed by atoms with Gasteiger partial charge >= 0.3 is 0 Å². The highest BCUT2D eigenvalue weighted by molar-refractivity contribution is 7.89. The minimum atomic E-state index is -3.50. The average molecular weight is 323 g/mol. The van der Waals surface area contributed by atoms with Gasteiger partial charge in [0.25, 0.3) is 0 Å². The predicted molar refractivity (Wildman–Crippen MR) is 88.5 cm³/mol. The minimum Gasteiger partial charge on any atom is -0.207 e. The summed E-state index contributed by atoms with van der Waals surface area (Å²) in [5.74, 6) is 0. The first-order chi connectivity index (χ1) is 9.75. The van der Waals surface area contributed by atoms with Crippen LogP contribution in [-0.4, -0.2) is 8.42 Å². The summed E-state index contributed by atoms with van der Waals surface area (Å²) in [5, 5.41) is 1.94. The molecule has 5 heteroatoms. The molecule has 114 valence electrons. The number of hydrogen-bond donors (Lipinski definition) is 1. The van der Waals surface area contributed by atoms with Crippen LogP contribution < -0.4 is 4.72 Å². The molecule has 0 fully saturated rings. The van der Waals surface area contributed by atoms with Gasteiger partial charge in [-0.15, -0.1) is 11.3 Å². The summed E-state index contributed by atoms with van der Waals surface area (Å²) in [6.45, 7) is 10.1. The summed E-state index contributed by atoms with van der Waals surface area (Å²) < 4.78 is 28.1. The molecule has 21 heavy (non-hydrogen) atoms. The number of benzene rings is 1. The Hall–Kier alpha value is -1.17. The highest BCUT2D eigenvalue weighted by Gasteiger charge is 2.23. The second-order valence-corrected chi connectivity index (χ2v) is 8.09. The van der Waals surface area contributed by atoms with Crippen LogP contribution in [0, 0.1) is 34.6 Å². The molecule has 2 rings (SSSR count). The highest BCUT2D eigenvalue weighted by atomic mass is 32.2. The maximum absolute atomic E-state index is 12.7. The molecule has 0 atom stereocenters. The standard InChI is InChI=1S/C16H21NO2S2/c1-10-11(2)13(4)16(14(5)12(10)3)21(18,19)17-9-15-7-6-8-20-15/h6-8,17H,9H2,1-5H3. The Labute approximate surface area is 131 Å². The van der Waals surface area contributed by atoms with E-state index in [1.807, 2.05) is 52.1 Å². The molecule has 0 saturated carbocycles. The second-order valence-electron chi connectivity index (χ2n) is 5.36. The minimum absolute atomic E-state index is 0.338. The molecular formula is C16H21NO2S2. The van der Waals surface area contributed by atoms with Crippen molar-refractivity contribution in [2.24, 2.45) is 0 Å². The molecule has 1 aromatic carbocycles. The predicted octanol–water partition coefficient (Wildman–Crippen LogP) is 3.77. The van der Waals surface area contributed by atoms with Crippen LogP contribution in [0.15, 0.2) is 22.4 Å². The Morgan fingerprint density at radius 1 is 0.952 bits per heavy atom. The molecule has 0 aliphatic rings.